The second-order valence-electron chi connectivity index (χ2n) is 5.96. The average Bonchev–Trinajstić information content (AvgIpc) is 2.81. The van der Waals surface area contributed by atoms with Crippen LogP contribution in [0.1, 0.15) is 57.1 Å². The van der Waals surface area contributed by atoms with Gasteiger partial charge in [-0.05, 0) is 35.6 Å². The molecule has 2 aliphatic heterocycles. The third-order valence-electron chi connectivity index (χ3n) is 4.73. The predicted molar refractivity (Wildman–Crippen MR) is 82.4 cm³/mol. The fourth-order valence-corrected chi connectivity index (χ4v) is 3.76. The molecule has 0 aromatic heterocycles. The Kier molecular flexibility index (Phi) is 2.64. The van der Waals surface area contributed by atoms with E-state index in [1.54, 1.807) is 11.0 Å². The first-order valence-corrected chi connectivity index (χ1v) is 7.38. The molecule has 0 fully saturated rings. The Hall–Kier alpha value is -2.62. The number of carbonyl (C=O) groups is 2. The summed E-state index contributed by atoms with van der Waals surface area (Å²) in [5.74, 6) is -0.909. The summed E-state index contributed by atoms with van der Waals surface area (Å²) >= 11 is 0. The van der Waals surface area contributed by atoms with Crippen LogP contribution in [0.3, 0.4) is 0 Å². The van der Waals surface area contributed by atoms with Crippen molar-refractivity contribution in [3.8, 4) is 0 Å². The first-order valence-electron chi connectivity index (χ1n) is 7.38. The number of aromatic carboxylic acids is 1. The van der Waals surface area contributed by atoms with E-state index in [0.717, 1.165) is 23.2 Å². The van der Waals surface area contributed by atoms with Crippen LogP contribution in [0, 0.1) is 0 Å². The summed E-state index contributed by atoms with van der Waals surface area (Å²) in [4.78, 5) is 26.1. The normalized spacial score (nSPS) is 22.0. The van der Waals surface area contributed by atoms with Crippen molar-refractivity contribution in [2.24, 2.45) is 0 Å². The van der Waals surface area contributed by atoms with E-state index in [4.69, 9.17) is 0 Å². The number of benzene rings is 2. The molecule has 0 aliphatic carbocycles. The van der Waals surface area contributed by atoms with Crippen LogP contribution in [0.4, 0.5) is 5.69 Å². The Labute approximate surface area is 128 Å². The summed E-state index contributed by atoms with van der Waals surface area (Å²) in [5, 5.41) is 9.38. The van der Waals surface area contributed by atoms with Crippen molar-refractivity contribution in [1.82, 2.24) is 0 Å². The first kappa shape index (κ1) is 13.1. The van der Waals surface area contributed by atoms with Crippen molar-refractivity contribution >= 4 is 17.6 Å². The maximum Gasteiger partial charge on any atom is 0.336 e. The second-order valence-corrected chi connectivity index (χ2v) is 5.96. The summed E-state index contributed by atoms with van der Waals surface area (Å²) in [7, 11) is 0. The maximum atomic E-state index is 12.9. The van der Waals surface area contributed by atoms with Gasteiger partial charge >= 0.3 is 5.97 Å². The zero-order chi connectivity index (χ0) is 15.4. The van der Waals surface area contributed by atoms with Gasteiger partial charge in [0, 0.05) is 5.69 Å². The molecule has 2 heterocycles. The van der Waals surface area contributed by atoms with Gasteiger partial charge < -0.3 is 10.0 Å². The molecular formula is C18H15NO3. The van der Waals surface area contributed by atoms with Gasteiger partial charge in [-0.1, -0.05) is 37.3 Å². The third-order valence-corrected chi connectivity index (χ3v) is 4.73. The zero-order valence-corrected chi connectivity index (χ0v) is 12.1. The van der Waals surface area contributed by atoms with E-state index >= 15 is 0 Å². The van der Waals surface area contributed by atoms with Crippen LogP contribution >= 0.6 is 0 Å². The molecule has 0 bridgehead atoms. The maximum absolute atomic E-state index is 12.9. The smallest absolute Gasteiger partial charge is 0.336 e. The Morgan fingerprint density at radius 1 is 1.14 bits per heavy atom. The third kappa shape index (κ3) is 1.58. The number of hydrogen-bond donors (Lipinski definition) is 1. The van der Waals surface area contributed by atoms with Gasteiger partial charge in [0.2, 0.25) is 0 Å². The number of hydrogen-bond acceptors (Lipinski definition) is 2. The molecule has 0 saturated carbocycles. The number of carboxylic acids is 1. The molecule has 0 radical (unpaired) electrons. The monoisotopic (exact) mass is 293 g/mol. The molecule has 4 rings (SSSR count). The van der Waals surface area contributed by atoms with E-state index < -0.39 is 5.97 Å². The van der Waals surface area contributed by atoms with Gasteiger partial charge in [-0.3, -0.25) is 4.79 Å². The van der Waals surface area contributed by atoms with Crippen molar-refractivity contribution < 1.29 is 14.7 Å². The van der Waals surface area contributed by atoms with Crippen molar-refractivity contribution in [3.05, 3.63) is 64.7 Å². The van der Waals surface area contributed by atoms with E-state index in [9.17, 15) is 14.7 Å². The molecule has 4 heteroatoms. The van der Waals surface area contributed by atoms with Crippen LogP contribution in [0.5, 0.6) is 0 Å². The van der Waals surface area contributed by atoms with Crippen molar-refractivity contribution in [3.63, 3.8) is 0 Å². The minimum Gasteiger partial charge on any atom is -0.478 e. The lowest BCUT2D eigenvalue weighted by molar-refractivity contribution is 0.0692. The number of rotatable bonds is 1. The van der Waals surface area contributed by atoms with Gasteiger partial charge in [0.15, 0.2) is 0 Å². The highest BCUT2D eigenvalue weighted by atomic mass is 16.4. The predicted octanol–water partition coefficient (Wildman–Crippen LogP) is 3.59. The molecule has 0 saturated heterocycles. The van der Waals surface area contributed by atoms with Crippen LogP contribution in [0.15, 0.2) is 42.5 Å². The number of carboxylic acid groups (broad SMARTS) is 1. The molecule has 2 atom stereocenters. The highest BCUT2D eigenvalue weighted by molar-refractivity contribution is 6.16. The Balaban J connectivity index is 1.95. The summed E-state index contributed by atoms with van der Waals surface area (Å²) in [6, 6.07) is 12.9. The van der Waals surface area contributed by atoms with Gasteiger partial charge in [-0.2, -0.15) is 0 Å². The van der Waals surface area contributed by atoms with E-state index in [2.05, 4.69) is 6.92 Å². The lowest BCUT2D eigenvalue weighted by Crippen LogP contribution is -2.33. The van der Waals surface area contributed by atoms with Gasteiger partial charge in [0.05, 0.1) is 17.2 Å². The topological polar surface area (TPSA) is 57.6 Å². The number of nitrogens with zero attached hydrogens (tertiary/aromatic N) is 1. The molecule has 2 aliphatic rings. The lowest BCUT2D eigenvalue weighted by atomic mass is 9.85. The molecule has 4 nitrogen and oxygen atoms in total. The number of amides is 1. The van der Waals surface area contributed by atoms with Crippen LogP contribution in [-0.2, 0) is 0 Å². The summed E-state index contributed by atoms with van der Waals surface area (Å²) < 4.78 is 0. The van der Waals surface area contributed by atoms with Crippen LogP contribution in [-0.4, -0.2) is 17.0 Å². The van der Waals surface area contributed by atoms with Crippen molar-refractivity contribution in [1.29, 1.82) is 0 Å². The Bertz CT molecular complexity index is 812. The number of anilines is 1. The number of carbonyl (C=O) groups excluding carboxylic acids is 1. The van der Waals surface area contributed by atoms with Crippen LogP contribution in [0.2, 0.25) is 0 Å². The second kappa shape index (κ2) is 4.44. The minimum atomic E-state index is -1.05. The quantitative estimate of drug-likeness (QED) is 0.874. The van der Waals surface area contributed by atoms with E-state index in [0.29, 0.717) is 11.5 Å². The molecule has 110 valence electrons. The van der Waals surface area contributed by atoms with Crippen molar-refractivity contribution in [2.75, 3.05) is 4.90 Å². The largest absolute Gasteiger partial charge is 0.478 e. The number of fused-ring (bicyclic) bond motifs is 5. The molecule has 0 spiro atoms. The fourth-order valence-electron chi connectivity index (χ4n) is 3.76. The molecule has 1 N–H and O–H groups in total. The zero-order valence-electron chi connectivity index (χ0n) is 12.1. The fraction of sp³-hybridized carbons (Fsp3) is 0.222. The van der Waals surface area contributed by atoms with Gasteiger partial charge in [-0.15, -0.1) is 0 Å². The highest BCUT2D eigenvalue weighted by Crippen LogP contribution is 2.49. The average molecular weight is 293 g/mol. The van der Waals surface area contributed by atoms with Gasteiger partial charge in [0.25, 0.3) is 5.91 Å². The minimum absolute atomic E-state index is 0.0632. The van der Waals surface area contributed by atoms with Crippen molar-refractivity contribution in [2.45, 2.75) is 25.3 Å². The summed E-state index contributed by atoms with van der Waals surface area (Å²) in [6.45, 7) is 2.15. The summed E-state index contributed by atoms with van der Waals surface area (Å²) in [6.07, 6.45) is 0.818. The molecule has 0 unspecified atom stereocenters. The van der Waals surface area contributed by atoms with Gasteiger partial charge in [-0.25, -0.2) is 4.79 Å². The Morgan fingerprint density at radius 3 is 2.64 bits per heavy atom. The summed E-state index contributed by atoms with van der Waals surface area (Å²) in [5.41, 5.74) is 3.35. The van der Waals surface area contributed by atoms with E-state index in [1.165, 1.54) is 6.07 Å². The SMILES string of the molecule is C[C@@H]1C[C@@H]2c3cccc(C(=O)O)c3C(=O)N2c2ccccc21. The first-order chi connectivity index (χ1) is 10.6. The number of para-hydroxylation sites is 1. The van der Waals surface area contributed by atoms with E-state index in [1.807, 2.05) is 30.3 Å². The molecule has 2 aromatic carbocycles. The molecule has 22 heavy (non-hydrogen) atoms. The van der Waals surface area contributed by atoms with Crippen LogP contribution in [0.25, 0.3) is 0 Å². The van der Waals surface area contributed by atoms with Gasteiger partial charge in [0.1, 0.15) is 0 Å². The molecular weight excluding hydrogens is 278 g/mol. The standard InChI is InChI=1S/C18H15NO3/c1-10-9-15-12-6-4-7-13(18(21)22)16(12)17(20)19(15)14-8-3-2-5-11(10)14/h2-8,10,15H,9H2,1H3,(H,21,22)/t10-,15-/m1/s1. The Morgan fingerprint density at radius 2 is 1.86 bits per heavy atom. The van der Waals surface area contributed by atoms with E-state index in [-0.39, 0.29) is 17.5 Å². The molecule has 2 aromatic rings. The van der Waals surface area contributed by atoms with Crippen LogP contribution < -0.4 is 4.90 Å². The lowest BCUT2D eigenvalue weighted by Gasteiger charge is -2.35. The molecule has 1 amide bonds. The highest BCUT2D eigenvalue weighted by Gasteiger charge is 2.44.